The second kappa shape index (κ2) is 14.8. The first kappa shape index (κ1) is 25.1. The van der Waals surface area contributed by atoms with Gasteiger partial charge < -0.3 is 25.6 Å². The van der Waals surface area contributed by atoms with E-state index in [0.717, 1.165) is 38.1 Å². The van der Waals surface area contributed by atoms with Gasteiger partial charge in [-0.05, 0) is 57.2 Å². The molecule has 170 valence electrons. The lowest BCUT2D eigenvalue weighted by Crippen LogP contribution is -2.37. The molecule has 8 heteroatoms. The van der Waals surface area contributed by atoms with Crippen LogP contribution in [-0.2, 0) is 17.8 Å². The molecule has 0 atom stereocenters. The Bertz CT molecular complexity index is 781. The van der Waals surface area contributed by atoms with Crippen molar-refractivity contribution in [2.75, 3.05) is 40.3 Å². The van der Waals surface area contributed by atoms with Crippen molar-refractivity contribution < 1.29 is 9.53 Å². The van der Waals surface area contributed by atoms with Crippen LogP contribution < -0.4 is 20.7 Å². The van der Waals surface area contributed by atoms with E-state index in [1.165, 1.54) is 10.4 Å². The SMILES string of the molecule is CN(C)Cc1cc(OCCCNC(=O)CCCNC(=S)NCCc2ccccc2)cs1. The molecule has 0 aliphatic rings. The molecule has 0 unspecified atom stereocenters. The average molecular weight is 463 g/mol. The van der Waals surface area contributed by atoms with Gasteiger partial charge in [-0.2, -0.15) is 0 Å². The summed E-state index contributed by atoms with van der Waals surface area (Å²) in [5.41, 5.74) is 1.28. The summed E-state index contributed by atoms with van der Waals surface area (Å²) in [6, 6.07) is 12.4. The first-order valence-corrected chi connectivity index (χ1v) is 12.0. The van der Waals surface area contributed by atoms with Crippen LogP contribution in [0.25, 0.3) is 0 Å². The van der Waals surface area contributed by atoms with Gasteiger partial charge in [0, 0.05) is 42.9 Å². The molecule has 1 amide bonds. The molecule has 0 saturated heterocycles. The van der Waals surface area contributed by atoms with Gasteiger partial charge in [0.15, 0.2) is 5.11 Å². The maximum absolute atomic E-state index is 11.9. The Labute approximate surface area is 195 Å². The minimum Gasteiger partial charge on any atom is -0.493 e. The summed E-state index contributed by atoms with van der Waals surface area (Å²) in [5.74, 6) is 0.973. The Morgan fingerprint density at radius 2 is 1.81 bits per heavy atom. The van der Waals surface area contributed by atoms with Crippen LogP contribution >= 0.6 is 23.6 Å². The number of nitrogens with zero attached hydrogens (tertiary/aromatic N) is 1. The molecule has 1 aromatic carbocycles. The van der Waals surface area contributed by atoms with Crippen LogP contribution in [-0.4, -0.2) is 56.3 Å². The van der Waals surface area contributed by atoms with Crippen molar-refractivity contribution in [3.63, 3.8) is 0 Å². The Morgan fingerprint density at radius 3 is 2.58 bits per heavy atom. The van der Waals surface area contributed by atoms with Gasteiger partial charge in [0.25, 0.3) is 0 Å². The zero-order valence-corrected chi connectivity index (χ0v) is 20.1. The van der Waals surface area contributed by atoms with E-state index >= 15 is 0 Å². The summed E-state index contributed by atoms with van der Waals surface area (Å²) in [6.07, 6.45) is 2.95. The van der Waals surface area contributed by atoms with Crippen LogP contribution in [0.1, 0.15) is 29.7 Å². The van der Waals surface area contributed by atoms with Crippen LogP contribution in [0.4, 0.5) is 0 Å². The maximum Gasteiger partial charge on any atom is 0.220 e. The molecule has 0 bridgehead atoms. The zero-order chi connectivity index (χ0) is 22.3. The number of thiocarbonyl (C=S) groups is 1. The van der Waals surface area contributed by atoms with E-state index in [2.05, 4.69) is 53.1 Å². The molecular weight excluding hydrogens is 428 g/mol. The highest BCUT2D eigenvalue weighted by atomic mass is 32.1. The highest BCUT2D eigenvalue weighted by Gasteiger charge is 2.04. The van der Waals surface area contributed by atoms with Crippen molar-refractivity contribution in [3.8, 4) is 5.75 Å². The van der Waals surface area contributed by atoms with Crippen molar-refractivity contribution in [1.82, 2.24) is 20.9 Å². The molecule has 0 spiro atoms. The molecule has 0 aliphatic heterocycles. The normalized spacial score (nSPS) is 10.7. The number of nitrogens with one attached hydrogen (secondary N) is 3. The lowest BCUT2D eigenvalue weighted by Gasteiger charge is -2.10. The summed E-state index contributed by atoms with van der Waals surface area (Å²) in [5, 5.41) is 12.0. The van der Waals surface area contributed by atoms with Crippen molar-refractivity contribution in [2.24, 2.45) is 0 Å². The molecule has 3 N–H and O–H groups in total. The van der Waals surface area contributed by atoms with Crippen molar-refractivity contribution in [3.05, 3.63) is 52.2 Å². The molecule has 1 heterocycles. The van der Waals surface area contributed by atoms with E-state index in [4.69, 9.17) is 17.0 Å². The molecular formula is C23H34N4O2S2. The Balaban J connectivity index is 1.42. The van der Waals surface area contributed by atoms with Crippen LogP contribution in [0.5, 0.6) is 5.75 Å². The lowest BCUT2D eigenvalue weighted by molar-refractivity contribution is -0.121. The van der Waals surface area contributed by atoms with Gasteiger partial charge in [0.2, 0.25) is 5.91 Å². The van der Waals surface area contributed by atoms with Gasteiger partial charge in [-0.25, -0.2) is 0 Å². The fraction of sp³-hybridized carbons (Fsp3) is 0.478. The molecule has 0 fully saturated rings. The van der Waals surface area contributed by atoms with Crippen molar-refractivity contribution in [2.45, 2.75) is 32.2 Å². The van der Waals surface area contributed by atoms with Gasteiger partial charge >= 0.3 is 0 Å². The summed E-state index contributed by atoms with van der Waals surface area (Å²) < 4.78 is 5.74. The van der Waals surface area contributed by atoms with E-state index in [-0.39, 0.29) is 5.91 Å². The van der Waals surface area contributed by atoms with E-state index in [0.29, 0.717) is 31.2 Å². The quantitative estimate of drug-likeness (QED) is 0.296. The van der Waals surface area contributed by atoms with Crippen LogP contribution in [0.2, 0.25) is 0 Å². The number of carbonyl (C=O) groups excluding carboxylic acids is 1. The van der Waals surface area contributed by atoms with E-state index in [9.17, 15) is 4.79 Å². The number of hydrogen-bond donors (Lipinski definition) is 3. The number of carbonyl (C=O) groups is 1. The third-order valence-electron chi connectivity index (χ3n) is 4.42. The molecule has 0 radical (unpaired) electrons. The smallest absolute Gasteiger partial charge is 0.220 e. The zero-order valence-electron chi connectivity index (χ0n) is 18.5. The van der Waals surface area contributed by atoms with E-state index in [1.807, 2.05) is 23.6 Å². The van der Waals surface area contributed by atoms with Gasteiger partial charge in [-0.3, -0.25) is 4.79 Å². The number of rotatable bonds is 14. The highest BCUT2D eigenvalue weighted by molar-refractivity contribution is 7.80. The van der Waals surface area contributed by atoms with Gasteiger partial charge in [0.1, 0.15) is 5.75 Å². The number of benzene rings is 1. The minimum absolute atomic E-state index is 0.0635. The first-order chi connectivity index (χ1) is 15.0. The second-order valence-corrected chi connectivity index (χ2v) is 8.96. The maximum atomic E-state index is 11.9. The van der Waals surface area contributed by atoms with Crippen LogP contribution in [0.15, 0.2) is 41.8 Å². The molecule has 0 saturated carbocycles. The Morgan fingerprint density at radius 1 is 1.06 bits per heavy atom. The van der Waals surface area contributed by atoms with E-state index in [1.54, 1.807) is 11.3 Å². The van der Waals surface area contributed by atoms with Gasteiger partial charge in [0.05, 0.1) is 6.61 Å². The molecule has 6 nitrogen and oxygen atoms in total. The average Bonchev–Trinajstić information content (AvgIpc) is 3.18. The summed E-state index contributed by atoms with van der Waals surface area (Å²) in [7, 11) is 4.11. The van der Waals surface area contributed by atoms with Crippen LogP contribution in [0.3, 0.4) is 0 Å². The predicted octanol–water partition coefficient (Wildman–Crippen LogP) is 3.18. The van der Waals surface area contributed by atoms with Crippen LogP contribution in [0, 0.1) is 0 Å². The molecule has 0 aliphatic carbocycles. The summed E-state index contributed by atoms with van der Waals surface area (Å²) in [4.78, 5) is 15.3. The first-order valence-electron chi connectivity index (χ1n) is 10.7. The largest absolute Gasteiger partial charge is 0.493 e. The number of amides is 1. The standard InChI is InChI=1S/C23H34N4O2S2/c1-27(2)17-21-16-20(18-31-21)29-15-7-13-24-22(28)10-6-12-25-23(30)26-14-11-19-8-4-3-5-9-19/h3-5,8-9,16,18H,6-7,10-15,17H2,1-2H3,(H,24,28)(H2,25,26,30). The molecule has 2 rings (SSSR count). The summed E-state index contributed by atoms with van der Waals surface area (Å²) in [6.45, 7) is 3.62. The van der Waals surface area contributed by atoms with Crippen molar-refractivity contribution in [1.29, 1.82) is 0 Å². The topological polar surface area (TPSA) is 65.6 Å². The van der Waals surface area contributed by atoms with Gasteiger partial charge in [-0.1, -0.05) is 30.3 Å². The third kappa shape index (κ3) is 11.7. The van der Waals surface area contributed by atoms with Crippen molar-refractivity contribution >= 4 is 34.6 Å². The lowest BCUT2D eigenvalue weighted by atomic mass is 10.1. The number of thiophene rings is 1. The van der Waals surface area contributed by atoms with E-state index < -0.39 is 0 Å². The Hall–Kier alpha value is -2.16. The highest BCUT2D eigenvalue weighted by Crippen LogP contribution is 2.22. The minimum atomic E-state index is 0.0635. The fourth-order valence-corrected chi connectivity index (χ4v) is 4.01. The molecule has 31 heavy (non-hydrogen) atoms. The fourth-order valence-electron chi connectivity index (χ4n) is 2.89. The Kier molecular flexibility index (Phi) is 12.0. The predicted molar refractivity (Wildman–Crippen MR) is 133 cm³/mol. The monoisotopic (exact) mass is 462 g/mol. The number of ether oxygens (including phenoxy) is 1. The third-order valence-corrected chi connectivity index (χ3v) is 5.61. The van der Waals surface area contributed by atoms with Gasteiger partial charge in [-0.15, -0.1) is 11.3 Å². The molecule has 2 aromatic rings. The summed E-state index contributed by atoms with van der Waals surface area (Å²) >= 11 is 6.98. The molecule has 1 aromatic heterocycles. The second-order valence-electron chi connectivity index (χ2n) is 7.56. The number of hydrogen-bond acceptors (Lipinski definition) is 5.